The van der Waals surface area contributed by atoms with Crippen molar-refractivity contribution in [1.82, 2.24) is 5.32 Å². The molecule has 108 valence electrons. The summed E-state index contributed by atoms with van der Waals surface area (Å²) in [5.41, 5.74) is 7.19. The molecule has 2 amide bonds. The number of hydrogen-bond acceptors (Lipinski definition) is 2. The molecule has 2 rings (SSSR count). The Bertz CT molecular complexity index is 636. The second-order valence-electron chi connectivity index (χ2n) is 4.64. The van der Waals surface area contributed by atoms with E-state index in [9.17, 15) is 14.0 Å². The Balaban J connectivity index is 1.86. The van der Waals surface area contributed by atoms with Crippen molar-refractivity contribution in [3.05, 3.63) is 71.0 Å². The summed E-state index contributed by atoms with van der Waals surface area (Å²) >= 11 is 0. The summed E-state index contributed by atoms with van der Waals surface area (Å²) in [6.07, 6.45) is 0.194. The molecular weight excluding hydrogens is 271 g/mol. The Hall–Kier alpha value is -2.69. The molecule has 0 aliphatic heterocycles. The van der Waals surface area contributed by atoms with Crippen molar-refractivity contribution in [2.45, 2.75) is 13.0 Å². The molecule has 0 bridgehead atoms. The molecule has 21 heavy (non-hydrogen) atoms. The molecule has 3 N–H and O–H groups in total. The minimum absolute atomic E-state index is 0.152. The largest absolute Gasteiger partial charge is 0.366 e. The maximum Gasteiger partial charge on any atom is 0.248 e. The van der Waals surface area contributed by atoms with Gasteiger partial charge in [-0.05, 0) is 35.4 Å². The zero-order valence-corrected chi connectivity index (χ0v) is 11.3. The van der Waals surface area contributed by atoms with Gasteiger partial charge in [-0.3, -0.25) is 9.59 Å². The molecule has 4 nitrogen and oxygen atoms in total. The van der Waals surface area contributed by atoms with Crippen molar-refractivity contribution in [3.8, 4) is 0 Å². The molecule has 2 aromatic carbocycles. The quantitative estimate of drug-likeness (QED) is 0.879. The summed E-state index contributed by atoms with van der Waals surface area (Å²) in [6, 6.07) is 12.5. The van der Waals surface area contributed by atoms with Gasteiger partial charge in [-0.2, -0.15) is 0 Å². The number of amides is 2. The standard InChI is InChI=1S/C16H15FN2O2/c17-14-7-3-11(4-8-14)9-15(20)19-10-12-1-5-13(6-2-12)16(18)21/h1-8H,9-10H2,(H2,18,21)(H,19,20). The SMILES string of the molecule is NC(=O)c1ccc(CNC(=O)Cc2ccc(F)cc2)cc1. The number of nitrogens with two attached hydrogens (primary N) is 1. The highest BCUT2D eigenvalue weighted by molar-refractivity contribution is 5.92. The van der Waals surface area contributed by atoms with Gasteiger partial charge in [0.1, 0.15) is 5.82 Å². The van der Waals surface area contributed by atoms with Crippen LogP contribution in [0, 0.1) is 5.82 Å². The van der Waals surface area contributed by atoms with Crippen LogP contribution in [0.3, 0.4) is 0 Å². The van der Waals surface area contributed by atoms with Crippen LogP contribution in [0.5, 0.6) is 0 Å². The molecule has 0 aliphatic rings. The van der Waals surface area contributed by atoms with E-state index in [-0.39, 0.29) is 18.1 Å². The monoisotopic (exact) mass is 286 g/mol. The summed E-state index contributed by atoms with van der Waals surface area (Å²) in [7, 11) is 0. The molecule has 0 aliphatic carbocycles. The van der Waals surface area contributed by atoms with Crippen molar-refractivity contribution in [2.75, 3.05) is 0 Å². The summed E-state index contributed by atoms with van der Waals surface area (Å²) in [5, 5.41) is 2.76. The lowest BCUT2D eigenvalue weighted by Gasteiger charge is -2.06. The van der Waals surface area contributed by atoms with E-state index in [1.54, 1.807) is 36.4 Å². The van der Waals surface area contributed by atoms with Crippen LogP contribution in [-0.2, 0) is 17.8 Å². The zero-order valence-electron chi connectivity index (χ0n) is 11.3. The molecule has 0 heterocycles. The molecule has 0 spiro atoms. The highest BCUT2D eigenvalue weighted by atomic mass is 19.1. The lowest BCUT2D eigenvalue weighted by atomic mass is 10.1. The third-order valence-corrected chi connectivity index (χ3v) is 3.01. The molecule has 0 fully saturated rings. The fourth-order valence-electron chi connectivity index (χ4n) is 1.84. The fraction of sp³-hybridized carbons (Fsp3) is 0.125. The van der Waals surface area contributed by atoms with Crippen LogP contribution in [0.2, 0.25) is 0 Å². The molecule has 5 heteroatoms. The predicted octanol–water partition coefficient (Wildman–Crippen LogP) is 1.78. The smallest absolute Gasteiger partial charge is 0.248 e. The van der Waals surface area contributed by atoms with E-state index in [2.05, 4.69) is 5.32 Å². The maximum absolute atomic E-state index is 12.7. The average molecular weight is 286 g/mol. The molecule has 0 radical (unpaired) electrons. The number of carbonyl (C=O) groups is 2. The molecule has 2 aromatic rings. The van der Waals surface area contributed by atoms with E-state index >= 15 is 0 Å². The molecule has 0 aromatic heterocycles. The number of nitrogens with one attached hydrogen (secondary N) is 1. The minimum atomic E-state index is -0.484. The van der Waals surface area contributed by atoms with Gasteiger partial charge in [0.05, 0.1) is 6.42 Å². The first-order valence-corrected chi connectivity index (χ1v) is 6.44. The van der Waals surface area contributed by atoms with Gasteiger partial charge in [0.15, 0.2) is 0 Å². The second-order valence-corrected chi connectivity index (χ2v) is 4.64. The Morgan fingerprint density at radius 2 is 1.52 bits per heavy atom. The summed E-state index contributed by atoms with van der Waals surface area (Å²) in [5.74, 6) is -0.962. The lowest BCUT2D eigenvalue weighted by Crippen LogP contribution is -2.24. The third-order valence-electron chi connectivity index (χ3n) is 3.01. The van der Waals surface area contributed by atoms with Crippen LogP contribution in [-0.4, -0.2) is 11.8 Å². The van der Waals surface area contributed by atoms with Crippen LogP contribution in [0.15, 0.2) is 48.5 Å². The highest BCUT2D eigenvalue weighted by Gasteiger charge is 2.04. The van der Waals surface area contributed by atoms with E-state index in [1.807, 2.05) is 0 Å². The van der Waals surface area contributed by atoms with Crippen molar-refractivity contribution in [3.63, 3.8) is 0 Å². The highest BCUT2D eigenvalue weighted by Crippen LogP contribution is 2.05. The van der Waals surface area contributed by atoms with Crippen molar-refractivity contribution in [2.24, 2.45) is 5.73 Å². The molecule has 0 saturated carbocycles. The predicted molar refractivity (Wildman–Crippen MR) is 76.9 cm³/mol. The maximum atomic E-state index is 12.7. The average Bonchev–Trinajstić information content (AvgIpc) is 2.48. The van der Waals surface area contributed by atoms with Crippen molar-refractivity contribution >= 4 is 11.8 Å². The van der Waals surface area contributed by atoms with Gasteiger partial charge in [-0.25, -0.2) is 4.39 Å². The Morgan fingerprint density at radius 1 is 0.952 bits per heavy atom. The Labute approximate surface area is 121 Å². The number of carbonyl (C=O) groups excluding carboxylic acids is 2. The first kappa shape index (κ1) is 14.7. The van der Waals surface area contributed by atoms with Gasteiger partial charge in [0, 0.05) is 12.1 Å². The first-order valence-electron chi connectivity index (χ1n) is 6.44. The van der Waals surface area contributed by atoms with E-state index in [4.69, 9.17) is 5.73 Å². The van der Waals surface area contributed by atoms with Gasteiger partial charge >= 0.3 is 0 Å². The molecule has 0 saturated heterocycles. The van der Waals surface area contributed by atoms with Gasteiger partial charge in [0.25, 0.3) is 0 Å². The molecule has 0 unspecified atom stereocenters. The van der Waals surface area contributed by atoms with E-state index in [0.29, 0.717) is 12.1 Å². The van der Waals surface area contributed by atoms with Crippen LogP contribution < -0.4 is 11.1 Å². The van der Waals surface area contributed by atoms with Gasteiger partial charge in [0.2, 0.25) is 11.8 Å². The first-order chi connectivity index (χ1) is 10.0. The van der Waals surface area contributed by atoms with E-state index in [0.717, 1.165) is 11.1 Å². The fourth-order valence-corrected chi connectivity index (χ4v) is 1.84. The Morgan fingerprint density at radius 3 is 2.10 bits per heavy atom. The summed E-state index contributed by atoms with van der Waals surface area (Å²) < 4.78 is 12.7. The molecular formula is C16H15FN2O2. The summed E-state index contributed by atoms with van der Waals surface area (Å²) in [6.45, 7) is 0.360. The lowest BCUT2D eigenvalue weighted by molar-refractivity contribution is -0.120. The number of primary amides is 1. The number of halogens is 1. The summed E-state index contributed by atoms with van der Waals surface area (Å²) in [4.78, 5) is 22.7. The van der Waals surface area contributed by atoms with Gasteiger partial charge in [-0.1, -0.05) is 24.3 Å². The number of benzene rings is 2. The third kappa shape index (κ3) is 4.42. The molecule has 0 atom stereocenters. The minimum Gasteiger partial charge on any atom is -0.366 e. The zero-order chi connectivity index (χ0) is 15.2. The van der Waals surface area contributed by atoms with Crippen molar-refractivity contribution < 1.29 is 14.0 Å². The second kappa shape index (κ2) is 6.65. The topological polar surface area (TPSA) is 72.2 Å². The van der Waals surface area contributed by atoms with Crippen LogP contribution in [0.4, 0.5) is 4.39 Å². The van der Waals surface area contributed by atoms with Gasteiger partial charge in [-0.15, -0.1) is 0 Å². The Kier molecular flexibility index (Phi) is 4.66. The normalized spacial score (nSPS) is 10.1. The number of rotatable bonds is 5. The van der Waals surface area contributed by atoms with Crippen LogP contribution in [0.1, 0.15) is 21.5 Å². The number of hydrogen-bond donors (Lipinski definition) is 2. The van der Waals surface area contributed by atoms with E-state index < -0.39 is 5.91 Å². The van der Waals surface area contributed by atoms with Crippen molar-refractivity contribution in [1.29, 1.82) is 0 Å². The van der Waals surface area contributed by atoms with E-state index in [1.165, 1.54) is 12.1 Å². The van der Waals surface area contributed by atoms with Gasteiger partial charge < -0.3 is 11.1 Å². The van der Waals surface area contributed by atoms with Crippen LogP contribution >= 0.6 is 0 Å². The van der Waals surface area contributed by atoms with Crippen LogP contribution in [0.25, 0.3) is 0 Å².